The molecule has 4 N–H and O–H groups in total. The predicted octanol–water partition coefficient (Wildman–Crippen LogP) is -0.0988. The number of para-hydroxylation sites is 1. The number of nitrogens with zero attached hydrogens (tertiary/aromatic N) is 1. The van der Waals surface area contributed by atoms with Gasteiger partial charge in [0.25, 0.3) is 0 Å². The smallest absolute Gasteiger partial charge is 0.468 e. The van der Waals surface area contributed by atoms with Crippen LogP contribution in [0.3, 0.4) is 0 Å². The second-order valence-electron chi connectivity index (χ2n) is 7.92. The Labute approximate surface area is 195 Å². The lowest BCUT2D eigenvalue weighted by Crippen LogP contribution is -2.55. The Bertz CT molecular complexity index is 1020. The second kappa shape index (κ2) is 10.3. The van der Waals surface area contributed by atoms with E-state index < -0.39 is 62.3 Å². The fourth-order valence-electron chi connectivity index (χ4n) is 3.43. The molecule has 0 unspecified atom stereocenters. The third kappa shape index (κ3) is 5.69. The maximum atomic E-state index is 13.4. The van der Waals surface area contributed by atoms with Crippen LogP contribution in [0, 0.1) is 0 Å². The number of aliphatic hydroxyl groups is 2. The van der Waals surface area contributed by atoms with Crippen molar-refractivity contribution in [3.05, 3.63) is 30.3 Å². The molecule has 0 radical (unpaired) electrons. The zero-order valence-corrected chi connectivity index (χ0v) is 19.6. The zero-order valence-electron chi connectivity index (χ0n) is 18.7. The Morgan fingerprint density at radius 3 is 2.68 bits per heavy atom. The molecule has 0 bridgehead atoms. The molecule has 2 aliphatic heterocycles. The van der Waals surface area contributed by atoms with Crippen molar-refractivity contribution in [2.75, 3.05) is 13.7 Å². The summed E-state index contributed by atoms with van der Waals surface area (Å²) in [5.41, 5.74) is -1.96. The van der Waals surface area contributed by atoms with E-state index in [2.05, 4.69) is 15.1 Å². The van der Waals surface area contributed by atoms with Crippen molar-refractivity contribution in [1.29, 1.82) is 0 Å². The highest BCUT2D eigenvalue weighted by Crippen LogP contribution is 2.46. The Morgan fingerprint density at radius 1 is 1.38 bits per heavy atom. The first-order valence-corrected chi connectivity index (χ1v) is 11.9. The zero-order chi connectivity index (χ0) is 25.1. The van der Waals surface area contributed by atoms with Crippen LogP contribution < -0.4 is 14.9 Å². The van der Waals surface area contributed by atoms with Crippen molar-refractivity contribution >= 4 is 31.9 Å². The van der Waals surface area contributed by atoms with Crippen LogP contribution in [-0.2, 0) is 28.2 Å². The third-order valence-corrected chi connectivity index (χ3v) is 6.89. The fraction of sp³-hybridized carbons (Fsp3) is 0.500. The van der Waals surface area contributed by atoms with Gasteiger partial charge in [0.05, 0.1) is 19.9 Å². The Morgan fingerprint density at radius 2 is 2.06 bits per heavy atom. The van der Waals surface area contributed by atoms with Crippen LogP contribution in [0.4, 0.5) is 4.79 Å². The molecule has 0 aliphatic carbocycles. The molecule has 2 aliphatic rings. The highest BCUT2D eigenvalue weighted by molar-refractivity contribution is 7.52. The summed E-state index contributed by atoms with van der Waals surface area (Å²) in [6, 6.07) is 6.13. The number of carbonyl (C=O) groups excluding carboxylic acids is 3. The van der Waals surface area contributed by atoms with E-state index in [1.165, 1.54) is 32.2 Å². The SMILES string of the molecule is COC(=O)[C@H](C)N[P@@](=O)(OC[C@H]1O[C@@H]([N+]2=CCC(=O)NC2=O)[C@](C)(O)[C@@H]1O)Oc1ccccc1. The molecule has 186 valence electrons. The highest BCUT2D eigenvalue weighted by Gasteiger charge is 2.58. The number of nitrogens with one attached hydrogen (secondary N) is 2. The number of methoxy groups -OCH3 is 1. The average molecular weight is 500 g/mol. The molecule has 1 fully saturated rings. The lowest BCUT2D eigenvalue weighted by molar-refractivity contribution is -0.546. The van der Waals surface area contributed by atoms with Gasteiger partial charge in [0.15, 0.2) is 5.60 Å². The molecule has 2 heterocycles. The molecule has 0 aromatic heterocycles. The van der Waals surface area contributed by atoms with E-state index in [4.69, 9.17) is 13.8 Å². The van der Waals surface area contributed by atoms with Crippen molar-refractivity contribution in [2.45, 2.75) is 50.3 Å². The van der Waals surface area contributed by atoms with Crippen LogP contribution in [0.15, 0.2) is 30.3 Å². The number of amides is 3. The number of hydrogen-bond acceptors (Lipinski definition) is 10. The van der Waals surface area contributed by atoms with Gasteiger partial charge in [-0.05, 0) is 26.0 Å². The first-order chi connectivity index (χ1) is 16.0. The number of imide groups is 1. The van der Waals surface area contributed by atoms with Crippen molar-refractivity contribution in [3.63, 3.8) is 0 Å². The molecule has 14 heteroatoms. The maximum absolute atomic E-state index is 13.4. The summed E-state index contributed by atoms with van der Waals surface area (Å²) in [5, 5.41) is 26.0. The minimum absolute atomic E-state index is 0.131. The van der Waals surface area contributed by atoms with Gasteiger partial charge in [0, 0.05) is 0 Å². The lowest BCUT2D eigenvalue weighted by Gasteiger charge is -2.26. The molecule has 0 saturated carbocycles. The van der Waals surface area contributed by atoms with Crippen LogP contribution >= 0.6 is 7.75 Å². The van der Waals surface area contributed by atoms with E-state index in [0.29, 0.717) is 0 Å². The molecule has 1 saturated heterocycles. The number of hydrogen-bond donors (Lipinski definition) is 4. The minimum atomic E-state index is -4.23. The molecule has 13 nitrogen and oxygen atoms in total. The van der Waals surface area contributed by atoms with E-state index in [0.717, 1.165) is 11.7 Å². The molecule has 3 amide bonds. The van der Waals surface area contributed by atoms with Gasteiger partial charge in [0.2, 0.25) is 6.23 Å². The summed E-state index contributed by atoms with van der Waals surface area (Å²) in [6.07, 6.45) is -3.07. The topological polar surface area (TPSA) is 173 Å². The normalized spacial score (nSPS) is 29.6. The second-order valence-corrected chi connectivity index (χ2v) is 9.61. The summed E-state index contributed by atoms with van der Waals surface area (Å²) in [4.78, 5) is 35.4. The van der Waals surface area contributed by atoms with Gasteiger partial charge in [-0.3, -0.25) is 9.32 Å². The Balaban J connectivity index is 1.77. The number of rotatable bonds is 9. The number of benzene rings is 1. The standard InChI is InChI=1S/C20H26N3O10P/c1-12(17(26)30-3)22-34(29,33-13-7-5-4-6-8-13)31-11-14-16(25)20(2,28)18(32-14)23-10-9-15(24)21-19(23)27/h4-8,10,12,14,16,18,25,28H,9,11H2,1-3H3,(H-,21,22,24,27,29)/p+1/t12-,14+,16+,18+,20+,34+/m0/s1. The summed E-state index contributed by atoms with van der Waals surface area (Å²) in [6.45, 7) is 2.09. The average Bonchev–Trinajstić information content (AvgIpc) is 3.01. The van der Waals surface area contributed by atoms with Gasteiger partial charge in [0.1, 0.15) is 30.4 Å². The highest BCUT2D eigenvalue weighted by atomic mass is 31.2. The van der Waals surface area contributed by atoms with E-state index >= 15 is 0 Å². The first kappa shape index (κ1) is 25.9. The van der Waals surface area contributed by atoms with Crippen molar-refractivity contribution in [3.8, 4) is 5.75 Å². The molecule has 34 heavy (non-hydrogen) atoms. The van der Waals surface area contributed by atoms with E-state index in [1.807, 2.05) is 0 Å². The van der Waals surface area contributed by atoms with Crippen LogP contribution in [0.2, 0.25) is 0 Å². The minimum Gasteiger partial charge on any atom is -0.468 e. The molecule has 1 aromatic carbocycles. The first-order valence-electron chi connectivity index (χ1n) is 10.3. The van der Waals surface area contributed by atoms with Crippen molar-refractivity contribution in [1.82, 2.24) is 10.4 Å². The summed E-state index contributed by atoms with van der Waals surface area (Å²) < 4.78 is 35.6. The van der Waals surface area contributed by atoms with Gasteiger partial charge >= 0.3 is 25.7 Å². The van der Waals surface area contributed by atoms with E-state index in [9.17, 15) is 29.2 Å². The number of carbonyl (C=O) groups is 3. The summed E-state index contributed by atoms with van der Waals surface area (Å²) in [7, 11) is -3.06. The molecule has 3 rings (SSSR count). The monoisotopic (exact) mass is 500 g/mol. The van der Waals surface area contributed by atoms with Gasteiger partial charge in [-0.2, -0.15) is 19.8 Å². The van der Waals surface area contributed by atoms with Gasteiger partial charge < -0.3 is 24.2 Å². The number of urea groups is 1. The van der Waals surface area contributed by atoms with E-state index in [-0.39, 0.29) is 12.2 Å². The number of esters is 1. The van der Waals surface area contributed by atoms with Gasteiger partial charge in [-0.25, -0.2) is 9.36 Å². The lowest BCUT2D eigenvalue weighted by atomic mass is 9.96. The fourth-order valence-corrected chi connectivity index (χ4v) is 4.93. The Kier molecular flexibility index (Phi) is 7.86. The van der Waals surface area contributed by atoms with Crippen LogP contribution in [0.1, 0.15) is 20.3 Å². The predicted molar refractivity (Wildman–Crippen MR) is 115 cm³/mol. The van der Waals surface area contributed by atoms with Crippen molar-refractivity contribution in [2.24, 2.45) is 0 Å². The van der Waals surface area contributed by atoms with Gasteiger partial charge in [-0.1, -0.05) is 18.2 Å². The number of ether oxygens (including phenoxy) is 2. The summed E-state index contributed by atoms with van der Waals surface area (Å²) >= 11 is 0. The van der Waals surface area contributed by atoms with Crippen LogP contribution in [0.25, 0.3) is 0 Å². The third-order valence-electron chi connectivity index (χ3n) is 5.25. The molecule has 0 spiro atoms. The summed E-state index contributed by atoms with van der Waals surface area (Å²) in [5.74, 6) is -1.07. The Hall–Kier alpha value is -2.67. The van der Waals surface area contributed by atoms with E-state index in [1.54, 1.807) is 18.2 Å². The maximum Gasteiger partial charge on any atom is 0.500 e. The molecular formula is C20H27N3O10P+. The molecule has 1 aromatic rings. The van der Waals surface area contributed by atoms with Crippen LogP contribution in [0.5, 0.6) is 5.75 Å². The van der Waals surface area contributed by atoms with Crippen LogP contribution in [-0.4, -0.2) is 82.7 Å². The van der Waals surface area contributed by atoms with Gasteiger partial charge in [-0.15, -0.1) is 0 Å². The molecular weight excluding hydrogens is 473 g/mol. The van der Waals surface area contributed by atoms with Crippen molar-refractivity contribution < 1.29 is 52.3 Å². The molecule has 6 atom stereocenters. The number of aliphatic hydroxyl groups excluding tert-OH is 1. The quantitative estimate of drug-likeness (QED) is 0.203. The largest absolute Gasteiger partial charge is 0.500 e.